The van der Waals surface area contributed by atoms with Gasteiger partial charge in [0.1, 0.15) is 10.3 Å². The monoisotopic (exact) mass is 510 g/mol. The molecule has 4 rings (SSSR count). The Morgan fingerprint density at radius 3 is 2.12 bits per heavy atom. The number of hydrogen-bond donors (Lipinski definition) is 0. The second-order valence-electron chi connectivity index (χ2n) is 8.16. The topological polar surface area (TPSA) is 58.5 Å². The summed E-state index contributed by atoms with van der Waals surface area (Å²) in [5.41, 5.74) is 5.65. The highest BCUT2D eigenvalue weighted by atomic mass is 35.5. The van der Waals surface area contributed by atoms with Crippen LogP contribution in [0.3, 0.4) is 0 Å². The van der Waals surface area contributed by atoms with Crippen LogP contribution in [0.1, 0.15) is 42.1 Å². The molecule has 0 amide bonds. The minimum Gasteiger partial charge on any atom is -0.335 e. The standard InChI is InChI=1S/C26H24Cl2N4OS/c1-16-4-8-21(9-5-16)25-24(18(3)33)17(2)31-26(34-15-20-7-11-23(28)30-13-20)32(25)14-19-6-10-22(27)29-12-19/h4-13,25H,14-15H2,1-3H3. The maximum atomic E-state index is 12.8. The van der Waals surface area contributed by atoms with Crippen molar-refractivity contribution in [2.75, 3.05) is 0 Å². The van der Waals surface area contributed by atoms with Crippen molar-refractivity contribution in [2.45, 2.75) is 39.1 Å². The molecular weight excluding hydrogens is 487 g/mol. The number of halogens is 2. The average molecular weight is 511 g/mol. The Morgan fingerprint density at radius 2 is 1.56 bits per heavy atom. The molecule has 3 aromatic rings. The van der Waals surface area contributed by atoms with Gasteiger partial charge in [-0.05, 0) is 49.6 Å². The second-order valence-corrected chi connectivity index (χ2v) is 9.87. The van der Waals surface area contributed by atoms with Crippen molar-refractivity contribution in [3.8, 4) is 0 Å². The Bertz CT molecular complexity index is 1240. The van der Waals surface area contributed by atoms with Gasteiger partial charge < -0.3 is 4.90 Å². The van der Waals surface area contributed by atoms with E-state index < -0.39 is 0 Å². The molecule has 1 aromatic carbocycles. The van der Waals surface area contributed by atoms with Crippen molar-refractivity contribution in [2.24, 2.45) is 4.99 Å². The summed E-state index contributed by atoms with van der Waals surface area (Å²) in [5, 5.41) is 1.74. The van der Waals surface area contributed by atoms with Gasteiger partial charge >= 0.3 is 0 Å². The highest BCUT2D eigenvalue weighted by Crippen LogP contribution is 2.39. The molecule has 1 aliphatic rings. The van der Waals surface area contributed by atoms with Crippen molar-refractivity contribution in [1.82, 2.24) is 14.9 Å². The number of Topliss-reactive ketones (excluding diaryl/α,β-unsaturated/α-hetero) is 1. The number of aryl methyl sites for hydroxylation is 1. The molecule has 2 aromatic heterocycles. The van der Waals surface area contributed by atoms with Crippen LogP contribution in [0.4, 0.5) is 0 Å². The number of aliphatic imine (C=N–C) groups is 1. The first-order valence-corrected chi connectivity index (χ1v) is 12.5. The van der Waals surface area contributed by atoms with Gasteiger partial charge in [0, 0.05) is 36.0 Å². The Hall–Kier alpha value is -2.67. The van der Waals surface area contributed by atoms with E-state index in [4.69, 9.17) is 28.2 Å². The molecule has 0 bridgehead atoms. The molecule has 5 nitrogen and oxygen atoms in total. The Morgan fingerprint density at radius 1 is 0.941 bits per heavy atom. The maximum Gasteiger partial charge on any atom is 0.165 e. The van der Waals surface area contributed by atoms with Crippen LogP contribution in [0.5, 0.6) is 0 Å². The van der Waals surface area contributed by atoms with E-state index in [-0.39, 0.29) is 11.8 Å². The number of carbonyl (C=O) groups is 1. The maximum absolute atomic E-state index is 12.8. The summed E-state index contributed by atoms with van der Waals surface area (Å²) in [4.78, 5) is 28.3. The molecule has 1 atom stereocenters. The zero-order valence-electron chi connectivity index (χ0n) is 19.1. The SMILES string of the molecule is CC(=O)C1=C(C)N=C(SCc2ccc(Cl)nc2)N(Cc2ccc(Cl)nc2)C1c1ccc(C)cc1. The first kappa shape index (κ1) is 24.5. The van der Waals surface area contributed by atoms with Gasteiger partial charge in [-0.3, -0.25) is 4.79 Å². The number of amidine groups is 1. The summed E-state index contributed by atoms with van der Waals surface area (Å²) in [6.07, 6.45) is 3.53. The third kappa shape index (κ3) is 5.69. The summed E-state index contributed by atoms with van der Waals surface area (Å²) in [7, 11) is 0. The van der Waals surface area contributed by atoms with E-state index >= 15 is 0 Å². The molecule has 3 heterocycles. The predicted molar refractivity (Wildman–Crippen MR) is 140 cm³/mol. The van der Waals surface area contributed by atoms with Crippen LogP contribution in [-0.4, -0.2) is 25.8 Å². The van der Waals surface area contributed by atoms with Gasteiger partial charge in [0.05, 0.1) is 6.04 Å². The molecule has 0 N–H and O–H groups in total. The first-order chi connectivity index (χ1) is 16.3. The number of ketones is 1. The van der Waals surface area contributed by atoms with Crippen molar-refractivity contribution < 1.29 is 4.79 Å². The number of thioether (sulfide) groups is 1. The largest absolute Gasteiger partial charge is 0.335 e. The number of allylic oxidation sites excluding steroid dienone is 1. The highest BCUT2D eigenvalue weighted by Gasteiger charge is 2.34. The van der Waals surface area contributed by atoms with Gasteiger partial charge in [0.25, 0.3) is 0 Å². The van der Waals surface area contributed by atoms with E-state index in [0.717, 1.165) is 33.1 Å². The molecule has 174 valence electrons. The van der Waals surface area contributed by atoms with Crippen LogP contribution in [0.2, 0.25) is 10.3 Å². The lowest BCUT2D eigenvalue weighted by molar-refractivity contribution is -0.114. The Labute approximate surface area is 213 Å². The highest BCUT2D eigenvalue weighted by molar-refractivity contribution is 8.13. The summed E-state index contributed by atoms with van der Waals surface area (Å²) >= 11 is 13.6. The molecular formula is C26H24Cl2N4OS. The molecule has 0 saturated heterocycles. The van der Waals surface area contributed by atoms with E-state index in [9.17, 15) is 4.79 Å². The van der Waals surface area contributed by atoms with E-state index in [2.05, 4.69) is 46.1 Å². The number of carbonyl (C=O) groups excluding carboxylic acids is 1. The molecule has 1 unspecified atom stereocenters. The van der Waals surface area contributed by atoms with Crippen molar-refractivity contribution in [3.05, 3.63) is 105 Å². The molecule has 0 spiro atoms. The van der Waals surface area contributed by atoms with Crippen LogP contribution in [-0.2, 0) is 17.1 Å². The number of benzene rings is 1. The van der Waals surface area contributed by atoms with Crippen LogP contribution >= 0.6 is 35.0 Å². The smallest absolute Gasteiger partial charge is 0.165 e. The number of aromatic nitrogens is 2. The summed E-state index contributed by atoms with van der Waals surface area (Å²) < 4.78 is 0. The summed E-state index contributed by atoms with van der Waals surface area (Å²) in [6.45, 7) is 6.09. The third-order valence-corrected chi connectivity index (χ3v) is 7.06. The molecule has 34 heavy (non-hydrogen) atoms. The van der Waals surface area contributed by atoms with Crippen LogP contribution < -0.4 is 0 Å². The number of pyridine rings is 2. The van der Waals surface area contributed by atoms with Crippen molar-refractivity contribution in [3.63, 3.8) is 0 Å². The lowest BCUT2D eigenvalue weighted by Gasteiger charge is -2.38. The van der Waals surface area contributed by atoms with Crippen LogP contribution in [0.15, 0.2) is 77.2 Å². The zero-order chi connectivity index (χ0) is 24.2. The quantitative estimate of drug-likeness (QED) is 0.341. The summed E-state index contributed by atoms with van der Waals surface area (Å²) in [5.74, 6) is 0.679. The fraction of sp³-hybridized carbons (Fsp3) is 0.231. The fourth-order valence-corrected chi connectivity index (χ4v) is 5.11. The van der Waals surface area contributed by atoms with Crippen LogP contribution in [0.25, 0.3) is 0 Å². The van der Waals surface area contributed by atoms with Gasteiger partial charge in [-0.25, -0.2) is 15.0 Å². The van der Waals surface area contributed by atoms with Gasteiger partial charge in [-0.15, -0.1) is 0 Å². The van der Waals surface area contributed by atoms with Gasteiger partial charge in [-0.1, -0.05) is 76.9 Å². The first-order valence-electron chi connectivity index (χ1n) is 10.8. The number of rotatable bonds is 6. The second kappa shape index (κ2) is 10.7. The average Bonchev–Trinajstić information content (AvgIpc) is 2.81. The number of nitrogens with zero attached hydrogens (tertiary/aromatic N) is 4. The molecule has 1 aliphatic heterocycles. The molecule has 0 saturated carbocycles. The van der Waals surface area contributed by atoms with Gasteiger partial charge in [0.15, 0.2) is 11.0 Å². The summed E-state index contributed by atoms with van der Waals surface area (Å²) in [6, 6.07) is 15.5. The fourth-order valence-electron chi connectivity index (χ4n) is 3.89. The van der Waals surface area contributed by atoms with E-state index in [1.807, 2.05) is 19.1 Å². The van der Waals surface area contributed by atoms with Gasteiger partial charge in [-0.2, -0.15) is 0 Å². The van der Waals surface area contributed by atoms with Crippen LogP contribution in [0, 0.1) is 6.92 Å². The Balaban J connectivity index is 1.76. The minimum absolute atomic E-state index is 0.0111. The van der Waals surface area contributed by atoms with E-state index in [0.29, 0.717) is 28.2 Å². The Kier molecular flexibility index (Phi) is 7.71. The van der Waals surface area contributed by atoms with Crippen molar-refractivity contribution >= 4 is 45.9 Å². The zero-order valence-corrected chi connectivity index (χ0v) is 21.5. The number of hydrogen-bond acceptors (Lipinski definition) is 6. The van der Waals surface area contributed by atoms with Gasteiger partial charge in [0.2, 0.25) is 0 Å². The molecule has 0 radical (unpaired) electrons. The lowest BCUT2D eigenvalue weighted by atomic mass is 9.91. The normalized spacial score (nSPS) is 16.0. The molecule has 8 heteroatoms. The minimum atomic E-state index is -0.267. The molecule has 0 aliphatic carbocycles. The lowest BCUT2D eigenvalue weighted by Crippen LogP contribution is -2.38. The van der Waals surface area contributed by atoms with E-state index in [1.165, 1.54) is 0 Å². The predicted octanol–water partition coefficient (Wildman–Crippen LogP) is 6.80. The molecule has 0 fully saturated rings. The third-order valence-electron chi connectivity index (χ3n) is 5.55. The van der Waals surface area contributed by atoms with Crippen molar-refractivity contribution in [1.29, 1.82) is 0 Å². The van der Waals surface area contributed by atoms with E-state index in [1.54, 1.807) is 43.2 Å².